The number of alkyl halides is 3. The van der Waals surface area contributed by atoms with Gasteiger partial charge in [0.25, 0.3) is 0 Å². The van der Waals surface area contributed by atoms with Crippen LogP contribution in [0.5, 0.6) is 0 Å². The fraction of sp³-hybridized carbons (Fsp3) is 0.889. The monoisotopic (exact) mass is 254 g/mol. The highest BCUT2D eigenvalue weighted by atomic mass is 19.4. The molecule has 1 spiro atoms. The topological polar surface area (TPSA) is 64.8 Å². The normalized spacial score (nSPS) is 24.9. The molecule has 8 heteroatoms. The highest BCUT2D eigenvalue weighted by Crippen LogP contribution is 2.35. The zero-order valence-electron chi connectivity index (χ0n) is 9.00. The van der Waals surface area contributed by atoms with E-state index in [1.165, 1.54) is 0 Å². The first kappa shape index (κ1) is 12.6. The van der Waals surface area contributed by atoms with Crippen molar-refractivity contribution in [1.82, 2.24) is 4.90 Å². The van der Waals surface area contributed by atoms with E-state index in [1.54, 1.807) is 4.90 Å². The molecule has 5 nitrogen and oxygen atoms in total. The summed E-state index contributed by atoms with van der Waals surface area (Å²) in [6.07, 6.45) is -5.30. The molecule has 2 rings (SSSR count). The summed E-state index contributed by atoms with van der Waals surface area (Å²) in [4.78, 5) is 12.3. The van der Waals surface area contributed by atoms with E-state index >= 15 is 0 Å². The van der Waals surface area contributed by atoms with Gasteiger partial charge in [0.15, 0.2) is 6.23 Å². The predicted octanol–water partition coefficient (Wildman–Crippen LogP) is -0.149. The molecule has 0 aromatic heterocycles. The first-order valence-electron chi connectivity index (χ1n) is 5.20. The fourth-order valence-corrected chi connectivity index (χ4v) is 2.03. The molecule has 17 heavy (non-hydrogen) atoms. The SMILES string of the molecule is NC(CN1CC2(CCO2)C1)OC(=O)C(F)(F)F. The number of carbonyl (C=O) groups is 1. The van der Waals surface area contributed by atoms with E-state index < -0.39 is 18.4 Å². The molecule has 0 saturated carbocycles. The number of nitrogens with zero attached hydrogens (tertiary/aromatic N) is 1. The number of hydrogen-bond donors (Lipinski definition) is 1. The van der Waals surface area contributed by atoms with Crippen LogP contribution in [-0.2, 0) is 14.3 Å². The minimum atomic E-state index is -5.00. The van der Waals surface area contributed by atoms with Gasteiger partial charge in [0.2, 0.25) is 0 Å². The van der Waals surface area contributed by atoms with Crippen molar-refractivity contribution >= 4 is 5.97 Å². The van der Waals surface area contributed by atoms with Crippen LogP contribution in [0.25, 0.3) is 0 Å². The Balaban J connectivity index is 1.68. The van der Waals surface area contributed by atoms with Crippen molar-refractivity contribution in [2.45, 2.75) is 24.4 Å². The third kappa shape index (κ3) is 2.70. The van der Waals surface area contributed by atoms with Gasteiger partial charge in [-0.05, 0) is 0 Å². The zero-order chi connectivity index (χ0) is 12.7. The van der Waals surface area contributed by atoms with Crippen LogP contribution in [0.15, 0.2) is 0 Å². The first-order valence-corrected chi connectivity index (χ1v) is 5.20. The molecule has 98 valence electrons. The molecule has 0 bridgehead atoms. The molecule has 2 aliphatic rings. The Hall–Kier alpha value is -0.860. The second-order valence-electron chi connectivity index (χ2n) is 4.39. The number of halogens is 3. The summed E-state index contributed by atoms with van der Waals surface area (Å²) in [6.45, 7) is 2.07. The fourth-order valence-electron chi connectivity index (χ4n) is 2.03. The molecule has 0 amide bonds. The van der Waals surface area contributed by atoms with Gasteiger partial charge in [-0.3, -0.25) is 10.6 Å². The Bertz CT molecular complexity index is 309. The Morgan fingerprint density at radius 1 is 1.53 bits per heavy atom. The van der Waals surface area contributed by atoms with Crippen molar-refractivity contribution in [3.63, 3.8) is 0 Å². The average molecular weight is 254 g/mol. The second-order valence-corrected chi connectivity index (χ2v) is 4.39. The number of nitrogens with two attached hydrogens (primary N) is 1. The van der Waals surface area contributed by atoms with Crippen molar-refractivity contribution in [1.29, 1.82) is 0 Å². The third-order valence-electron chi connectivity index (χ3n) is 2.92. The number of hydrogen-bond acceptors (Lipinski definition) is 5. The molecule has 2 fully saturated rings. The van der Waals surface area contributed by atoms with Crippen molar-refractivity contribution < 1.29 is 27.4 Å². The van der Waals surface area contributed by atoms with Gasteiger partial charge >= 0.3 is 12.1 Å². The van der Waals surface area contributed by atoms with Gasteiger partial charge in [-0.2, -0.15) is 13.2 Å². The lowest BCUT2D eigenvalue weighted by atomic mass is 9.86. The molecule has 2 saturated heterocycles. The van der Waals surface area contributed by atoms with Gasteiger partial charge in [0.1, 0.15) is 0 Å². The van der Waals surface area contributed by atoms with Crippen molar-refractivity contribution in [3.05, 3.63) is 0 Å². The molecule has 2 N–H and O–H groups in total. The maximum Gasteiger partial charge on any atom is 0.490 e. The van der Waals surface area contributed by atoms with Gasteiger partial charge in [-0.25, -0.2) is 4.79 Å². The summed E-state index contributed by atoms with van der Waals surface area (Å²) in [5, 5.41) is 0. The number of likely N-dealkylation sites (tertiary alicyclic amines) is 1. The molecule has 2 aliphatic heterocycles. The highest BCUT2D eigenvalue weighted by Gasteiger charge is 2.49. The summed E-state index contributed by atoms with van der Waals surface area (Å²) in [7, 11) is 0. The Morgan fingerprint density at radius 3 is 2.53 bits per heavy atom. The van der Waals surface area contributed by atoms with Crippen LogP contribution in [0, 0.1) is 0 Å². The van der Waals surface area contributed by atoms with Crippen LogP contribution in [0.3, 0.4) is 0 Å². The molecule has 0 radical (unpaired) electrons. The zero-order valence-corrected chi connectivity index (χ0v) is 9.00. The van der Waals surface area contributed by atoms with Crippen LogP contribution in [-0.4, -0.2) is 55.1 Å². The van der Waals surface area contributed by atoms with E-state index in [0.29, 0.717) is 13.1 Å². The molecular weight excluding hydrogens is 241 g/mol. The summed E-state index contributed by atoms with van der Waals surface area (Å²) >= 11 is 0. The molecular formula is C9H13F3N2O3. The lowest BCUT2D eigenvalue weighted by molar-refractivity contribution is -0.229. The number of carbonyl (C=O) groups excluding carboxylic acids is 1. The Kier molecular flexibility index (Phi) is 3.04. The van der Waals surface area contributed by atoms with Crippen molar-refractivity contribution in [2.24, 2.45) is 5.73 Å². The number of esters is 1. The van der Waals surface area contributed by atoms with Crippen LogP contribution in [0.4, 0.5) is 13.2 Å². The quantitative estimate of drug-likeness (QED) is 0.560. The van der Waals surface area contributed by atoms with Crippen molar-refractivity contribution in [3.8, 4) is 0 Å². The number of rotatable bonds is 3. The van der Waals surface area contributed by atoms with Gasteiger partial charge in [0, 0.05) is 26.1 Å². The third-order valence-corrected chi connectivity index (χ3v) is 2.92. The van der Waals surface area contributed by atoms with E-state index in [0.717, 1.165) is 13.0 Å². The lowest BCUT2D eigenvalue weighted by Crippen LogP contribution is -2.69. The van der Waals surface area contributed by atoms with Crippen LogP contribution in [0.1, 0.15) is 6.42 Å². The minimum absolute atomic E-state index is 0.0902. The van der Waals surface area contributed by atoms with E-state index in [2.05, 4.69) is 4.74 Å². The maximum absolute atomic E-state index is 11.9. The maximum atomic E-state index is 11.9. The van der Waals surface area contributed by atoms with E-state index in [4.69, 9.17) is 10.5 Å². The summed E-state index contributed by atoms with van der Waals surface area (Å²) in [5.41, 5.74) is 5.19. The smallest absolute Gasteiger partial charge is 0.439 e. The second kappa shape index (κ2) is 4.11. The first-order chi connectivity index (χ1) is 7.81. The van der Waals surface area contributed by atoms with Crippen LogP contribution in [0.2, 0.25) is 0 Å². The van der Waals surface area contributed by atoms with Crippen LogP contribution < -0.4 is 5.73 Å². The van der Waals surface area contributed by atoms with E-state index in [1.807, 2.05) is 0 Å². The lowest BCUT2D eigenvalue weighted by Gasteiger charge is -2.55. The van der Waals surface area contributed by atoms with Gasteiger partial charge in [0.05, 0.1) is 12.2 Å². The van der Waals surface area contributed by atoms with Crippen LogP contribution >= 0.6 is 0 Å². The van der Waals surface area contributed by atoms with E-state index in [-0.39, 0.29) is 12.1 Å². The Labute approximate surface area is 95.6 Å². The summed E-state index contributed by atoms with van der Waals surface area (Å²) in [5.74, 6) is -2.25. The largest absolute Gasteiger partial charge is 0.490 e. The molecule has 0 aromatic carbocycles. The van der Waals surface area contributed by atoms with Gasteiger partial charge in [-0.15, -0.1) is 0 Å². The average Bonchev–Trinajstić information content (AvgIpc) is 2.05. The predicted molar refractivity (Wildman–Crippen MR) is 49.9 cm³/mol. The van der Waals surface area contributed by atoms with Gasteiger partial charge < -0.3 is 9.47 Å². The molecule has 0 aromatic rings. The molecule has 2 heterocycles. The minimum Gasteiger partial charge on any atom is -0.439 e. The summed E-state index contributed by atoms with van der Waals surface area (Å²) in [6, 6.07) is 0. The van der Waals surface area contributed by atoms with E-state index in [9.17, 15) is 18.0 Å². The molecule has 0 aliphatic carbocycles. The standard InChI is InChI=1S/C9H13F3N2O3/c10-9(11,12)7(15)17-6(13)3-14-4-8(5-14)1-2-16-8/h6H,1-5,13H2. The molecule has 1 unspecified atom stereocenters. The molecule has 1 atom stereocenters. The highest BCUT2D eigenvalue weighted by molar-refractivity contribution is 5.75. The van der Waals surface area contributed by atoms with Crippen molar-refractivity contribution in [2.75, 3.05) is 26.2 Å². The Morgan fingerprint density at radius 2 is 2.12 bits per heavy atom. The van der Waals surface area contributed by atoms with Gasteiger partial charge in [-0.1, -0.05) is 0 Å². The summed E-state index contributed by atoms with van der Waals surface area (Å²) < 4.78 is 45.0. The number of ether oxygens (including phenoxy) is 2.